The van der Waals surface area contributed by atoms with Gasteiger partial charge in [0.15, 0.2) is 0 Å². The first-order valence-electron chi connectivity index (χ1n) is 17.5. The lowest BCUT2D eigenvalue weighted by Gasteiger charge is -2.34. The first-order valence-corrected chi connectivity index (χ1v) is 21.3. The topological polar surface area (TPSA) is 3.24 Å². The van der Waals surface area contributed by atoms with Gasteiger partial charge >= 0.3 is 0 Å². The number of hydrogen-bond donors (Lipinski definition) is 0. The molecular weight excluding hydrogens is 639 g/mol. The molecule has 0 fully saturated rings. The third-order valence-corrected chi connectivity index (χ3v) is 16.1. The quantitative estimate of drug-likeness (QED) is 0.167. The molecule has 1 nitrogen and oxygen atoms in total. The van der Waals surface area contributed by atoms with Crippen molar-refractivity contribution in [3.8, 4) is 33.4 Å². The second-order valence-corrected chi connectivity index (χ2v) is 20.0. The molecule has 7 aromatic rings. The fourth-order valence-corrected chi connectivity index (χ4v) is 13.7. The summed E-state index contributed by atoms with van der Waals surface area (Å²) in [5.41, 5.74) is 13.9. The van der Waals surface area contributed by atoms with E-state index in [4.69, 9.17) is 0 Å². The average molecular weight is 678 g/mol. The Bertz CT molecular complexity index is 2290. The summed E-state index contributed by atoms with van der Waals surface area (Å²) in [4.78, 5) is 5.32. The van der Waals surface area contributed by atoms with Crippen molar-refractivity contribution in [3.63, 3.8) is 0 Å². The Morgan fingerprint density at radius 1 is 0.480 bits per heavy atom. The summed E-state index contributed by atoms with van der Waals surface area (Å²) in [6.07, 6.45) is 0. The van der Waals surface area contributed by atoms with Gasteiger partial charge < -0.3 is 4.90 Å². The van der Waals surface area contributed by atoms with Crippen LogP contribution in [0, 0.1) is 0 Å². The number of hydrogen-bond acceptors (Lipinski definition) is 2. The molecule has 50 heavy (non-hydrogen) atoms. The SMILES string of the molecule is CC1(C)c2cc(N(c3ccc(-c4ccccc4)cc3)c3ccc(-c4ccccc4)cc3)ccc2-c2c1ccc1c2Sc2ccccc2[Si]1(C)C. The second-order valence-electron chi connectivity index (χ2n) is 14.6. The van der Waals surface area contributed by atoms with E-state index >= 15 is 0 Å². The van der Waals surface area contributed by atoms with Crippen LogP contribution in [0.3, 0.4) is 0 Å². The Hall–Kier alpha value is -5.09. The summed E-state index contributed by atoms with van der Waals surface area (Å²) < 4.78 is 0. The van der Waals surface area contributed by atoms with Crippen LogP contribution in [0.25, 0.3) is 33.4 Å². The molecular formula is C47H39NSSi. The third-order valence-electron chi connectivity index (χ3n) is 10.9. The molecule has 0 unspecified atom stereocenters. The monoisotopic (exact) mass is 677 g/mol. The van der Waals surface area contributed by atoms with E-state index in [1.54, 1.807) is 10.4 Å². The first-order chi connectivity index (χ1) is 24.3. The lowest BCUT2D eigenvalue weighted by Crippen LogP contribution is -2.56. The largest absolute Gasteiger partial charge is 0.310 e. The molecule has 1 aliphatic heterocycles. The molecule has 0 N–H and O–H groups in total. The maximum atomic E-state index is 2.52. The van der Waals surface area contributed by atoms with E-state index in [1.807, 2.05) is 11.8 Å². The summed E-state index contributed by atoms with van der Waals surface area (Å²) in [6, 6.07) is 60.5. The molecule has 0 spiro atoms. The average Bonchev–Trinajstić information content (AvgIpc) is 3.39. The molecule has 9 rings (SSSR count). The Morgan fingerprint density at radius 3 is 1.60 bits per heavy atom. The number of fused-ring (bicyclic) bond motifs is 6. The van der Waals surface area contributed by atoms with Crippen molar-refractivity contribution < 1.29 is 0 Å². The van der Waals surface area contributed by atoms with Crippen LogP contribution in [0.15, 0.2) is 174 Å². The van der Waals surface area contributed by atoms with E-state index in [2.05, 4.69) is 196 Å². The Balaban J connectivity index is 1.18. The van der Waals surface area contributed by atoms with E-state index in [0.29, 0.717) is 0 Å². The van der Waals surface area contributed by atoms with Crippen molar-refractivity contribution in [1.82, 2.24) is 0 Å². The molecule has 3 heteroatoms. The van der Waals surface area contributed by atoms with Crippen molar-refractivity contribution in [2.24, 2.45) is 0 Å². The van der Waals surface area contributed by atoms with Gasteiger partial charge in [0.05, 0.1) is 0 Å². The Morgan fingerprint density at radius 2 is 1.00 bits per heavy atom. The van der Waals surface area contributed by atoms with Crippen LogP contribution in [-0.2, 0) is 5.41 Å². The van der Waals surface area contributed by atoms with Crippen molar-refractivity contribution in [3.05, 3.63) is 175 Å². The summed E-state index contributed by atoms with van der Waals surface area (Å²) >= 11 is 1.98. The first kappa shape index (κ1) is 30.9. The number of rotatable bonds is 5. The normalized spacial score (nSPS) is 14.6. The lowest BCUT2D eigenvalue weighted by atomic mass is 9.82. The van der Waals surface area contributed by atoms with Gasteiger partial charge in [0.2, 0.25) is 0 Å². The third kappa shape index (κ3) is 4.91. The summed E-state index contributed by atoms with van der Waals surface area (Å²) in [7, 11) is -1.85. The molecule has 2 aliphatic rings. The zero-order chi connectivity index (χ0) is 34.0. The predicted molar refractivity (Wildman–Crippen MR) is 217 cm³/mol. The van der Waals surface area contributed by atoms with Crippen LogP contribution in [-0.4, -0.2) is 8.07 Å². The molecule has 0 radical (unpaired) electrons. The molecule has 0 saturated carbocycles. The molecule has 0 bridgehead atoms. The highest BCUT2D eigenvalue weighted by Gasteiger charge is 2.42. The van der Waals surface area contributed by atoms with Gasteiger partial charge in [-0.2, -0.15) is 0 Å². The van der Waals surface area contributed by atoms with Crippen molar-refractivity contribution >= 4 is 47.3 Å². The van der Waals surface area contributed by atoms with Crippen molar-refractivity contribution in [2.75, 3.05) is 4.90 Å². The fourth-order valence-electron chi connectivity index (χ4n) is 8.16. The fraction of sp³-hybridized carbons (Fsp3) is 0.106. The van der Waals surface area contributed by atoms with E-state index in [1.165, 1.54) is 60.0 Å². The molecule has 7 aromatic carbocycles. The highest BCUT2D eigenvalue weighted by Crippen LogP contribution is 2.54. The molecule has 1 aliphatic carbocycles. The van der Waals surface area contributed by atoms with Crippen LogP contribution in [0.1, 0.15) is 25.0 Å². The van der Waals surface area contributed by atoms with Gasteiger partial charge in [-0.25, -0.2) is 0 Å². The van der Waals surface area contributed by atoms with Gasteiger partial charge in [-0.1, -0.05) is 160 Å². The highest BCUT2D eigenvalue weighted by atomic mass is 32.2. The Kier molecular flexibility index (Phi) is 7.27. The predicted octanol–water partition coefficient (Wildman–Crippen LogP) is 12.1. The number of benzene rings is 7. The second kappa shape index (κ2) is 11.8. The molecule has 1 heterocycles. The molecule has 0 aromatic heterocycles. The van der Waals surface area contributed by atoms with Crippen LogP contribution in [0.4, 0.5) is 17.1 Å². The maximum absolute atomic E-state index is 2.52. The molecule has 0 amide bonds. The lowest BCUT2D eigenvalue weighted by molar-refractivity contribution is 0.660. The van der Waals surface area contributed by atoms with Gasteiger partial charge in [0.25, 0.3) is 0 Å². The number of nitrogens with zero attached hydrogens (tertiary/aromatic N) is 1. The minimum absolute atomic E-state index is 0.126. The number of anilines is 3. The van der Waals surface area contributed by atoms with Gasteiger partial charge in [0, 0.05) is 32.3 Å². The van der Waals surface area contributed by atoms with E-state index < -0.39 is 8.07 Å². The zero-order valence-corrected chi connectivity index (χ0v) is 30.8. The van der Waals surface area contributed by atoms with Crippen LogP contribution >= 0.6 is 11.8 Å². The zero-order valence-electron chi connectivity index (χ0n) is 28.9. The van der Waals surface area contributed by atoms with Crippen molar-refractivity contribution in [1.29, 1.82) is 0 Å². The minimum Gasteiger partial charge on any atom is -0.310 e. The van der Waals surface area contributed by atoms with Gasteiger partial charge in [-0.05, 0) is 97.3 Å². The van der Waals surface area contributed by atoms with E-state index in [0.717, 1.165) is 11.4 Å². The minimum atomic E-state index is -1.85. The van der Waals surface area contributed by atoms with Crippen LogP contribution in [0.2, 0.25) is 13.1 Å². The maximum Gasteiger partial charge on any atom is 0.115 e. The van der Waals surface area contributed by atoms with Gasteiger partial charge in [-0.3, -0.25) is 0 Å². The highest BCUT2D eigenvalue weighted by molar-refractivity contribution is 8.00. The van der Waals surface area contributed by atoms with E-state index in [-0.39, 0.29) is 5.41 Å². The summed E-state index contributed by atoms with van der Waals surface area (Å²) in [5, 5.41) is 3.11. The van der Waals surface area contributed by atoms with E-state index in [9.17, 15) is 0 Å². The van der Waals surface area contributed by atoms with Gasteiger partial charge in [-0.15, -0.1) is 0 Å². The molecule has 242 valence electrons. The Labute approximate surface area is 301 Å². The summed E-state index contributed by atoms with van der Waals surface area (Å²) in [6.45, 7) is 9.85. The van der Waals surface area contributed by atoms with Gasteiger partial charge in [0.1, 0.15) is 8.07 Å². The molecule has 0 saturated heterocycles. The smallest absolute Gasteiger partial charge is 0.115 e. The van der Waals surface area contributed by atoms with Crippen molar-refractivity contribution in [2.45, 2.75) is 42.1 Å². The van der Waals surface area contributed by atoms with Crippen LogP contribution < -0.4 is 15.3 Å². The van der Waals surface area contributed by atoms with Crippen LogP contribution in [0.5, 0.6) is 0 Å². The summed E-state index contributed by atoms with van der Waals surface area (Å²) in [5.74, 6) is 0. The molecule has 0 atom stereocenters. The standard InChI is InChI=1S/C47H39NSSi/c1-47(2)40-29-30-44-46(49-42-17-11-12-18-43(42)50(44,3)4)45(40)39-28-27-38(31-41(39)47)48(36-23-19-34(20-24-36)32-13-7-5-8-14-32)37-25-21-35(22-26-37)33-15-9-6-10-16-33/h5-31H,1-4H3.